The molecule has 0 radical (unpaired) electrons. The van der Waals surface area contributed by atoms with Crippen molar-refractivity contribution in [3.05, 3.63) is 29.8 Å². The Morgan fingerprint density at radius 1 is 1.32 bits per heavy atom. The number of anilines is 2. The molecule has 1 aliphatic carbocycles. The van der Waals surface area contributed by atoms with Gasteiger partial charge in [0.1, 0.15) is 11.6 Å². The second-order valence-corrected chi connectivity index (χ2v) is 6.15. The highest BCUT2D eigenvalue weighted by molar-refractivity contribution is 5.80. The summed E-state index contributed by atoms with van der Waals surface area (Å²) >= 11 is 0. The number of aromatic amines is 1. The zero-order valence-corrected chi connectivity index (χ0v) is 13.0. The lowest BCUT2D eigenvalue weighted by molar-refractivity contribution is -0.120. The summed E-state index contributed by atoms with van der Waals surface area (Å²) in [6.07, 6.45) is 6.67. The maximum absolute atomic E-state index is 11.6. The molecule has 6 nitrogen and oxygen atoms in total. The van der Waals surface area contributed by atoms with Crippen LogP contribution in [0.4, 0.5) is 11.6 Å². The highest BCUT2D eigenvalue weighted by Gasteiger charge is 2.22. The maximum atomic E-state index is 11.6. The van der Waals surface area contributed by atoms with Crippen LogP contribution in [0.2, 0.25) is 0 Å². The van der Waals surface area contributed by atoms with E-state index in [-0.39, 0.29) is 5.92 Å². The van der Waals surface area contributed by atoms with Crippen molar-refractivity contribution in [1.82, 2.24) is 20.2 Å². The Labute approximate surface area is 129 Å². The van der Waals surface area contributed by atoms with Crippen LogP contribution < -0.4 is 5.32 Å². The molecule has 0 amide bonds. The molecule has 1 aliphatic rings. The smallest absolute Gasteiger partial charge is 0.153 e. The molecular formula is C16H21N5O. The Balaban J connectivity index is 1.74. The summed E-state index contributed by atoms with van der Waals surface area (Å²) in [5.74, 6) is 2.31. The number of H-pyrrole nitrogens is 1. The van der Waals surface area contributed by atoms with Crippen LogP contribution in [0.25, 0.3) is 0 Å². The molecule has 2 N–H and O–H groups in total. The average Bonchev–Trinajstić information content (AvgIpc) is 2.96. The molecule has 3 rings (SSSR count). The third-order valence-electron chi connectivity index (χ3n) is 4.03. The van der Waals surface area contributed by atoms with E-state index in [9.17, 15) is 4.79 Å². The number of nitrogens with zero attached hydrogens (tertiary/aromatic N) is 3. The summed E-state index contributed by atoms with van der Waals surface area (Å²) in [5.41, 5.74) is 1.96. The van der Waals surface area contributed by atoms with Crippen molar-refractivity contribution < 1.29 is 4.79 Å². The molecule has 0 saturated heterocycles. The average molecular weight is 299 g/mol. The van der Waals surface area contributed by atoms with Gasteiger partial charge in [-0.05, 0) is 18.8 Å². The van der Waals surface area contributed by atoms with E-state index in [1.54, 1.807) is 12.4 Å². The summed E-state index contributed by atoms with van der Waals surface area (Å²) in [6, 6.07) is 1.98. The first-order valence-electron chi connectivity index (χ1n) is 7.78. The number of Topliss-reactive ketones (excluding diaryl/α,β-unsaturated/α-hetero) is 1. The van der Waals surface area contributed by atoms with Gasteiger partial charge in [-0.25, -0.2) is 4.98 Å². The molecule has 0 bridgehead atoms. The Morgan fingerprint density at radius 2 is 2.18 bits per heavy atom. The lowest BCUT2D eigenvalue weighted by Gasteiger charge is -2.20. The van der Waals surface area contributed by atoms with Crippen LogP contribution in [0, 0.1) is 0 Å². The van der Waals surface area contributed by atoms with Crippen molar-refractivity contribution in [2.45, 2.75) is 51.4 Å². The molecular weight excluding hydrogens is 278 g/mol. The van der Waals surface area contributed by atoms with Crippen molar-refractivity contribution in [2.24, 2.45) is 0 Å². The molecule has 22 heavy (non-hydrogen) atoms. The van der Waals surface area contributed by atoms with E-state index in [0.717, 1.165) is 30.0 Å². The van der Waals surface area contributed by atoms with Gasteiger partial charge in [-0.3, -0.25) is 14.9 Å². The van der Waals surface area contributed by atoms with E-state index >= 15 is 0 Å². The van der Waals surface area contributed by atoms with Gasteiger partial charge in [0.05, 0.1) is 11.9 Å². The lowest BCUT2D eigenvalue weighted by Crippen LogP contribution is -2.15. The molecule has 0 spiro atoms. The number of aromatic nitrogens is 4. The first kappa shape index (κ1) is 14.7. The first-order valence-corrected chi connectivity index (χ1v) is 7.78. The summed E-state index contributed by atoms with van der Waals surface area (Å²) in [6.45, 7) is 4.22. The molecule has 2 aromatic heterocycles. The number of hydrogen-bond donors (Lipinski definition) is 2. The Kier molecular flexibility index (Phi) is 4.18. The van der Waals surface area contributed by atoms with Gasteiger partial charge in [0.25, 0.3) is 0 Å². The summed E-state index contributed by atoms with van der Waals surface area (Å²) in [5, 5.41) is 10.4. The van der Waals surface area contributed by atoms with Gasteiger partial charge < -0.3 is 5.32 Å². The highest BCUT2D eigenvalue weighted by Crippen LogP contribution is 2.30. The number of carbonyl (C=O) groups excluding carboxylic acids is 1. The fourth-order valence-electron chi connectivity index (χ4n) is 2.74. The topological polar surface area (TPSA) is 83.6 Å². The molecule has 2 aromatic rings. The van der Waals surface area contributed by atoms with E-state index in [1.165, 1.54) is 0 Å². The Hall–Kier alpha value is -2.24. The van der Waals surface area contributed by atoms with Gasteiger partial charge in [-0.15, -0.1) is 0 Å². The number of ketones is 1. The predicted octanol–water partition coefficient (Wildman–Crippen LogP) is 3.29. The number of carbonyl (C=O) groups is 1. The fraction of sp³-hybridized carbons (Fsp3) is 0.500. The van der Waals surface area contributed by atoms with Gasteiger partial charge in [-0.1, -0.05) is 13.8 Å². The van der Waals surface area contributed by atoms with Crippen molar-refractivity contribution in [2.75, 3.05) is 5.32 Å². The lowest BCUT2D eigenvalue weighted by atomic mass is 9.86. The largest absolute Gasteiger partial charge is 0.322 e. The normalized spacial score (nSPS) is 18.7. The molecule has 2 heterocycles. The molecule has 0 unspecified atom stereocenters. The number of rotatable bonds is 4. The standard InChI is InChI=1S/C16H21N5O/c1-10(2)13-7-15(21-20-13)19-16-9-17-8-14(18-16)11-4-3-5-12(22)6-11/h7-11H,3-6H2,1-2H3,(H2,18,19,20,21)/t11-/m1/s1. The van der Waals surface area contributed by atoms with Crippen LogP contribution in [-0.4, -0.2) is 25.9 Å². The molecule has 1 saturated carbocycles. The zero-order chi connectivity index (χ0) is 15.5. The van der Waals surface area contributed by atoms with Gasteiger partial charge >= 0.3 is 0 Å². The quantitative estimate of drug-likeness (QED) is 0.905. The summed E-state index contributed by atoms with van der Waals surface area (Å²) < 4.78 is 0. The third-order valence-corrected chi connectivity index (χ3v) is 4.03. The van der Waals surface area contributed by atoms with Crippen LogP contribution in [0.5, 0.6) is 0 Å². The predicted molar refractivity (Wildman–Crippen MR) is 84.2 cm³/mol. The van der Waals surface area contributed by atoms with E-state index in [1.807, 2.05) is 6.07 Å². The number of hydrogen-bond acceptors (Lipinski definition) is 5. The van der Waals surface area contributed by atoms with Crippen molar-refractivity contribution >= 4 is 17.4 Å². The first-order chi connectivity index (χ1) is 10.6. The molecule has 0 aliphatic heterocycles. The van der Waals surface area contributed by atoms with Crippen molar-refractivity contribution in [3.8, 4) is 0 Å². The molecule has 1 fully saturated rings. The summed E-state index contributed by atoms with van der Waals surface area (Å²) in [4.78, 5) is 20.5. The van der Waals surface area contributed by atoms with E-state index in [4.69, 9.17) is 0 Å². The second kappa shape index (κ2) is 6.25. The monoisotopic (exact) mass is 299 g/mol. The fourth-order valence-corrected chi connectivity index (χ4v) is 2.74. The second-order valence-electron chi connectivity index (χ2n) is 6.15. The van der Waals surface area contributed by atoms with E-state index < -0.39 is 0 Å². The minimum Gasteiger partial charge on any atom is -0.322 e. The van der Waals surface area contributed by atoms with Crippen LogP contribution in [-0.2, 0) is 4.79 Å². The van der Waals surface area contributed by atoms with Gasteiger partial charge in [-0.2, -0.15) is 5.10 Å². The minimum absolute atomic E-state index is 0.195. The third kappa shape index (κ3) is 3.32. The molecule has 6 heteroatoms. The van der Waals surface area contributed by atoms with Gasteiger partial charge in [0.2, 0.25) is 0 Å². The maximum Gasteiger partial charge on any atom is 0.153 e. The van der Waals surface area contributed by atoms with E-state index in [0.29, 0.717) is 30.4 Å². The Bertz CT molecular complexity index is 664. The summed E-state index contributed by atoms with van der Waals surface area (Å²) in [7, 11) is 0. The van der Waals surface area contributed by atoms with Crippen LogP contribution in [0.1, 0.15) is 62.8 Å². The molecule has 1 atom stereocenters. The van der Waals surface area contributed by atoms with Gasteiger partial charge in [0, 0.05) is 36.7 Å². The van der Waals surface area contributed by atoms with Crippen molar-refractivity contribution in [3.63, 3.8) is 0 Å². The molecule has 116 valence electrons. The van der Waals surface area contributed by atoms with Gasteiger partial charge in [0.15, 0.2) is 5.82 Å². The minimum atomic E-state index is 0.195. The van der Waals surface area contributed by atoms with Crippen molar-refractivity contribution in [1.29, 1.82) is 0 Å². The van der Waals surface area contributed by atoms with Crippen LogP contribution in [0.3, 0.4) is 0 Å². The Morgan fingerprint density at radius 3 is 2.91 bits per heavy atom. The van der Waals surface area contributed by atoms with Crippen LogP contribution in [0.15, 0.2) is 18.5 Å². The number of nitrogens with one attached hydrogen (secondary N) is 2. The van der Waals surface area contributed by atoms with Crippen LogP contribution >= 0.6 is 0 Å². The molecule has 0 aromatic carbocycles. The SMILES string of the molecule is CC(C)c1cc(Nc2cncc([C@@H]3CCCC(=O)C3)n2)n[nH]1. The highest BCUT2D eigenvalue weighted by atomic mass is 16.1. The zero-order valence-electron chi connectivity index (χ0n) is 13.0. The van der Waals surface area contributed by atoms with E-state index in [2.05, 4.69) is 39.3 Å².